The minimum Gasteiger partial charge on any atom is -0.484 e. The first-order valence-electron chi connectivity index (χ1n) is 7.74. The number of hydrogen-bond donors (Lipinski definition) is 2. The Morgan fingerprint density at radius 1 is 1.46 bits per heavy atom. The first-order valence-corrected chi connectivity index (χ1v) is 7.74. The molecule has 1 aromatic rings. The first kappa shape index (κ1) is 18.4. The van der Waals surface area contributed by atoms with Crippen molar-refractivity contribution in [3.05, 3.63) is 23.8 Å². The van der Waals surface area contributed by atoms with E-state index in [1.54, 1.807) is 13.0 Å². The van der Waals surface area contributed by atoms with E-state index in [1.807, 2.05) is 6.92 Å². The third-order valence-corrected chi connectivity index (χ3v) is 3.80. The molecule has 1 saturated heterocycles. The monoisotopic (exact) mass is 346 g/mol. The second-order valence-electron chi connectivity index (χ2n) is 5.77. The number of nitrogens with one attached hydrogen (secondary N) is 2. The van der Waals surface area contributed by atoms with E-state index in [0.717, 1.165) is 12.8 Å². The minimum atomic E-state index is -4.41. The van der Waals surface area contributed by atoms with Crippen LogP contribution in [0.25, 0.3) is 0 Å². The standard InChI is InChI=1S/C16H21F3N2O3/c1-10-12(5-3-6-13(10)24-9-16(17,18)19)21-15(22)20-11(2)14-7-4-8-23-14/h3,5-6,11,14H,4,7-9H2,1-2H3,(H2,20,21,22)/t11-,14+/m1/s1. The summed E-state index contributed by atoms with van der Waals surface area (Å²) in [4.78, 5) is 12.1. The van der Waals surface area contributed by atoms with Crippen molar-refractivity contribution >= 4 is 11.7 Å². The van der Waals surface area contributed by atoms with E-state index in [0.29, 0.717) is 17.9 Å². The summed E-state index contributed by atoms with van der Waals surface area (Å²) < 4.78 is 47.0. The average Bonchev–Trinajstić information content (AvgIpc) is 3.01. The normalized spacial score (nSPS) is 19.0. The van der Waals surface area contributed by atoms with Gasteiger partial charge in [0.1, 0.15) is 5.75 Å². The van der Waals surface area contributed by atoms with Crippen LogP contribution in [0.2, 0.25) is 0 Å². The summed E-state index contributed by atoms with van der Waals surface area (Å²) >= 11 is 0. The average molecular weight is 346 g/mol. The van der Waals surface area contributed by atoms with Gasteiger partial charge in [0.2, 0.25) is 0 Å². The zero-order chi connectivity index (χ0) is 17.7. The second kappa shape index (κ2) is 7.74. The van der Waals surface area contributed by atoms with Crippen LogP contribution in [0, 0.1) is 6.92 Å². The van der Waals surface area contributed by atoms with Gasteiger partial charge in [-0.15, -0.1) is 0 Å². The van der Waals surface area contributed by atoms with Gasteiger partial charge in [-0.1, -0.05) is 6.07 Å². The minimum absolute atomic E-state index is 0.0155. The number of hydrogen-bond acceptors (Lipinski definition) is 3. The van der Waals surface area contributed by atoms with Crippen molar-refractivity contribution in [2.24, 2.45) is 0 Å². The molecule has 2 rings (SSSR count). The molecule has 0 saturated carbocycles. The maximum Gasteiger partial charge on any atom is 0.422 e. The Kier molecular flexibility index (Phi) is 5.93. The second-order valence-corrected chi connectivity index (χ2v) is 5.77. The Labute approximate surface area is 138 Å². The van der Waals surface area contributed by atoms with Gasteiger partial charge in [-0.05, 0) is 38.8 Å². The molecular weight excluding hydrogens is 325 g/mol. The van der Waals surface area contributed by atoms with Gasteiger partial charge in [0.15, 0.2) is 6.61 Å². The Hall–Kier alpha value is -1.96. The maximum absolute atomic E-state index is 12.3. The molecule has 1 aliphatic heterocycles. The first-order chi connectivity index (χ1) is 11.3. The number of rotatable bonds is 5. The lowest BCUT2D eigenvalue weighted by Crippen LogP contribution is -2.43. The molecule has 0 radical (unpaired) electrons. The zero-order valence-electron chi connectivity index (χ0n) is 13.6. The molecule has 0 aliphatic carbocycles. The number of benzene rings is 1. The molecule has 2 atom stereocenters. The van der Waals surface area contributed by atoms with Gasteiger partial charge < -0.3 is 20.1 Å². The molecular formula is C16H21F3N2O3. The fourth-order valence-corrected chi connectivity index (χ4v) is 2.52. The van der Waals surface area contributed by atoms with Gasteiger partial charge in [0.25, 0.3) is 0 Å². The highest BCUT2D eigenvalue weighted by atomic mass is 19.4. The van der Waals surface area contributed by atoms with Crippen molar-refractivity contribution in [1.82, 2.24) is 5.32 Å². The number of anilines is 1. The molecule has 134 valence electrons. The largest absolute Gasteiger partial charge is 0.484 e. The summed E-state index contributed by atoms with van der Waals surface area (Å²) in [6.07, 6.45) is -2.57. The van der Waals surface area contributed by atoms with Crippen LogP contribution in [0.1, 0.15) is 25.3 Å². The van der Waals surface area contributed by atoms with Crippen LogP contribution in [0.5, 0.6) is 5.75 Å². The highest BCUT2D eigenvalue weighted by Gasteiger charge is 2.29. The molecule has 1 aliphatic rings. The van der Waals surface area contributed by atoms with Crippen LogP contribution >= 0.6 is 0 Å². The number of alkyl halides is 3. The summed E-state index contributed by atoms with van der Waals surface area (Å²) in [6.45, 7) is 2.76. The van der Waals surface area contributed by atoms with E-state index in [2.05, 4.69) is 10.6 Å². The molecule has 1 fully saturated rings. The van der Waals surface area contributed by atoms with Crippen LogP contribution in [0.3, 0.4) is 0 Å². The molecule has 1 aromatic carbocycles. The molecule has 8 heteroatoms. The van der Waals surface area contributed by atoms with E-state index >= 15 is 0 Å². The van der Waals surface area contributed by atoms with E-state index in [1.165, 1.54) is 12.1 Å². The van der Waals surface area contributed by atoms with Gasteiger partial charge in [-0.25, -0.2) is 4.79 Å². The SMILES string of the molecule is Cc1c(NC(=O)N[C@H](C)[C@@H]2CCCO2)cccc1OCC(F)(F)F. The number of urea groups is 1. The van der Waals surface area contributed by atoms with E-state index < -0.39 is 18.8 Å². The van der Waals surface area contributed by atoms with Crippen molar-refractivity contribution in [1.29, 1.82) is 0 Å². The highest BCUT2D eigenvalue weighted by molar-refractivity contribution is 5.90. The Bertz CT molecular complexity index is 572. The predicted octanol–water partition coefficient (Wildman–Crippen LogP) is 3.63. The predicted molar refractivity (Wildman–Crippen MR) is 83.3 cm³/mol. The topological polar surface area (TPSA) is 59.6 Å². The van der Waals surface area contributed by atoms with Gasteiger partial charge >= 0.3 is 12.2 Å². The summed E-state index contributed by atoms with van der Waals surface area (Å²) in [5.74, 6) is 0.0808. The van der Waals surface area contributed by atoms with Gasteiger partial charge in [-0.2, -0.15) is 13.2 Å². The zero-order valence-corrected chi connectivity index (χ0v) is 13.6. The molecule has 0 aromatic heterocycles. The smallest absolute Gasteiger partial charge is 0.422 e. The Morgan fingerprint density at radius 2 is 2.21 bits per heavy atom. The van der Waals surface area contributed by atoms with Crippen LogP contribution < -0.4 is 15.4 Å². The quantitative estimate of drug-likeness (QED) is 0.856. The van der Waals surface area contributed by atoms with Crippen LogP contribution in [0.4, 0.5) is 23.7 Å². The third-order valence-electron chi connectivity index (χ3n) is 3.80. The van der Waals surface area contributed by atoms with Crippen LogP contribution in [0.15, 0.2) is 18.2 Å². The summed E-state index contributed by atoms with van der Waals surface area (Å²) in [7, 11) is 0. The number of carbonyl (C=O) groups is 1. The van der Waals surface area contributed by atoms with Crippen molar-refractivity contribution in [2.45, 2.75) is 45.0 Å². The van der Waals surface area contributed by atoms with Crippen molar-refractivity contribution in [3.63, 3.8) is 0 Å². The summed E-state index contributed by atoms with van der Waals surface area (Å²) in [6, 6.07) is 3.97. The summed E-state index contributed by atoms with van der Waals surface area (Å²) in [5, 5.41) is 5.41. The van der Waals surface area contributed by atoms with Gasteiger partial charge in [0.05, 0.1) is 12.1 Å². The van der Waals surface area contributed by atoms with E-state index in [4.69, 9.17) is 9.47 Å². The van der Waals surface area contributed by atoms with Crippen LogP contribution in [-0.4, -0.2) is 37.6 Å². The number of amides is 2. The lowest BCUT2D eigenvalue weighted by molar-refractivity contribution is -0.153. The third kappa shape index (κ3) is 5.30. The molecule has 0 bridgehead atoms. The lowest BCUT2D eigenvalue weighted by atomic mass is 10.1. The van der Waals surface area contributed by atoms with E-state index in [-0.39, 0.29) is 17.9 Å². The van der Waals surface area contributed by atoms with Crippen molar-refractivity contribution in [3.8, 4) is 5.75 Å². The fraction of sp³-hybridized carbons (Fsp3) is 0.562. The number of carbonyl (C=O) groups excluding carboxylic acids is 1. The van der Waals surface area contributed by atoms with Gasteiger partial charge in [0, 0.05) is 17.9 Å². The fourth-order valence-electron chi connectivity index (χ4n) is 2.52. The van der Waals surface area contributed by atoms with Gasteiger partial charge in [-0.3, -0.25) is 0 Å². The Balaban J connectivity index is 1.95. The maximum atomic E-state index is 12.3. The van der Waals surface area contributed by atoms with Crippen molar-refractivity contribution in [2.75, 3.05) is 18.5 Å². The van der Waals surface area contributed by atoms with Crippen LogP contribution in [-0.2, 0) is 4.74 Å². The number of ether oxygens (including phenoxy) is 2. The lowest BCUT2D eigenvalue weighted by Gasteiger charge is -2.21. The molecule has 0 spiro atoms. The molecule has 2 amide bonds. The molecule has 0 unspecified atom stereocenters. The molecule has 2 N–H and O–H groups in total. The molecule has 24 heavy (non-hydrogen) atoms. The molecule has 5 nitrogen and oxygen atoms in total. The highest BCUT2D eigenvalue weighted by Crippen LogP contribution is 2.27. The number of halogens is 3. The Morgan fingerprint density at radius 3 is 2.83 bits per heavy atom. The summed E-state index contributed by atoms with van der Waals surface area (Å²) in [5.41, 5.74) is 0.827. The molecule has 1 heterocycles. The van der Waals surface area contributed by atoms with Crippen molar-refractivity contribution < 1.29 is 27.4 Å². The van der Waals surface area contributed by atoms with E-state index in [9.17, 15) is 18.0 Å².